The number of piperidine rings is 1. The Morgan fingerprint density at radius 2 is 1.85 bits per heavy atom. The van der Waals surface area contributed by atoms with E-state index in [1.54, 1.807) is 29.4 Å². The van der Waals surface area contributed by atoms with E-state index >= 15 is 0 Å². The summed E-state index contributed by atoms with van der Waals surface area (Å²) in [5, 5.41) is 2.90. The van der Waals surface area contributed by atoms with Gasteiger partial charge in [0.15, 0.2) is 0 Å². The van der Waals surface area contributed by atoms with E-state index in [9.17, 15) is 13.2 Å². The fourth-order valence-corrected chi connectivity index (χ4v) is 5.68. The van der Waals surface area contributed by atoms with Gasteiger partial charge in [0.2, 0.25) is 15.9 Å². The third kappa shape index (κ3) is 5.22. The fourth-order valence-electron chi connectivity index (χ4n) is 3.91. The first-order valence-corrected chi connectivity index (χ1v) is 11.0. The number of anilines is 1. The van der Waals surface area contributed by atoms with Crippen LogP contribution in [0.15, 0.2) is 23.1 Å². The van der Waals surface area contributed by atoms with Crippen LogP contribution >= 0.6 is 12.4 Å². The zero-order valence-electron chi connectivity index (χ0n) is 15.8. The van der Waals surface area contributed by atoms with Crippen LogP contribution in [0.4, 0.5) is 5.69 Å². The molecule has 6 nitrogen and oxygen atoms in total. The van der Waals surface area contributed by atoms with Crippen molar-refractivity contribution in [2.75, 3.05) is 18.4 Å². The number of amides is 1. The number of nitrogens with one attached hydrogen (secondary N) is 1. The molecule has 1 aliphatic carbocycles. The molecule has 2 aliphatic rings. The maximum atomic E-state index is 13.0. The molecule has 2 unspecified atom stereocenters. The summed E-state index contributed by atoms with van der Waals surface area (Å²) in [6, 6.07) is 5.21. The van der Waals surface area contributed by atoms with Crippen LogP contribution < -0.4 is 11.1 Å². The van der Waals surface area contributed by atoms with Gasteiger partial charge in [-0.1, -0.05) is 18.9 Å². The molecule has 0 radical (unpaired) electrons. The number of rotatable bonds is 4. The molecule has 8 heteroatoms. The van der Waals surface area contributed by atoms with E-state index in [2.05, 4.69) is 5.32 Å². The normalized spacial score (nSPS) is 24.1. The monoisotopic (exact) mass is 415 g/mol. The van der Waals surface area contributed by atoms with E-state index in [-0.39, 0.29) is 35.2 Å². The number of nitrogens with zero attached hydrogens (tertiary/aromatic N) is 1. The van der Waals surface area contributed by atoms with E-state index in [1.165, 1.54) is 0 Å². The van der Waals surface area contributed by atoms with Gasteiger partial charge in [-0.05, 0) is 56.7 Å². The van der Waals surface area contributed by atoms with Crippen LogP contribution in [0.2, 0.25) is 0 Å². The first-order chi connectivity index (χ1) is 12.4. The van der Waals surface area contributed by atoms with E-state index in [0.29, 0.717) is 30.8 Å². The molecule has 0 aromatic heterocycles. The van der Waals surface area contributed by atoms with Crippen molar-refractivity contribution >= 4 is 34.0 Å². The van der Waals surface area contributed by atoms with Crippen molar-refractivity contribution in [2.45, 2.75) is 62.8 Å². The number of hydrogen-bond acceptors (Lipinski definition) is 4. The van der Waals surface area contributed by atoms with Gasteiger partial charge in [-0.2, -0.15) is 4.31 Å². The van der Waals surface area contributed by atoms with Crippen LogP contribution in [0.5, 0.6) is 0 Å². The standard InChI is InChI=1S/C19H29N3O3S.ClH/c1-14-8-9-17(21-19(23)15-6-5-7-16(20)12-15)13-18(14)26(24,25)22-10-3-2-4-11-22;/h8-9,13,15-16H,2-7,10-12,20H2,1H3,(H,21,23);1H. The zero-order chi connectivity index (χ0) is 18.7. The number of benzene rings is 1. The van der Waals surface area contributed by atoms with Crippen LogP contribution in [-0.2, 0) is 14.8 Å². The lowest BCUT2D eigenvalue weighted by atomic mass is 9.85. The number of aryl methyl sites for hydroxylation is 1. The largest absolute Gasteiger partial charge is 0.328 e. The highest BCUT2D eigenvalue weighted by Gasteiger charge is 2.29. The molecule has 1 saturated carbocycles. The predicted molar refractivity (Wildman–Crippen MR) is 110 cm³/mol. The third-order valence-electron chi connectivity index (χ3n) is 5.47. The first-order valence-electron chi connectivity index (χ1n) is 9.55. The van der Waals surface area contributed by atoms with Gasteiger partial charge in [-0.3, -0.25) is 4.79 Å². The highest BCUT2D eigenvalue weighted by Crippen LogP contribution is 2.28. The average molecular weight is 416 g/mol. The topological polar surface area (TPSA) is 92.5 Å². The van der Waals surface area contributed by atoms with Gasteiger partial charge in [0.25, 0.3) is 0 Å². The van der Waals surface area contributed by atoms with Gasteiger partial charge in [0, 0.05) is 30.7 Å². The smallest absolute Gasteiger partial charge is 0.243 e. The van der Waals surface area contributed by atoms with Crippen molar-refractivity contribution in [3.63, 3.8) is 0 Å². The van der Waals surface area contributed by atoms with Crippen molar-refractivity contribution < 1.29 is 13.2 Å². The second-order valence-electron chi connectivity index (χ2n) is 7.56. The molecule has 152 valence electrons. The minimum absolute atomic E-state index is 0. The Kier molecular flexibility index (Phi) is 7.68. The minimum atomic E-state index is -3.52. The molecule has 3 rings (SSSR count). The summed E-state index contributed by atoms with van der Waals surface area (Å²) in [6.07, 6.45) is 6.33. The molecule has 2 fully saturated rings. The van der Waals surface area contributed by atoms with Crippen molar-refractivity contribution in [1.29, 1.82) is 0 Å². The second kappa shape index (κ2) is 9.37. The predicted octanol–water partition coefficient (Wildman–Crippen LogP) is 3.05. The Balaban J connectivity index is 0.00000261. The van der Waals surface area contributed by atoms with Crippen LogP contribution in [0, 0.1) is 12.8 Å². The maximum Gasteiger partial charge on any atom is 0.243 e. The van der Waals surface area contributed by atoms with Crippen molar-refractivity contribution in [1.82, 2.24) is 4.31 Å². The fraction of sp³-hybridized carbons (Fsp3) is 0.632. The summed E-state index contributed by atoms with van der Waals surface area (Å²) in [4.78, 5) is 12.8. The Hall–Kier alpha value is -1.15. The summed E-state index contributed by atoms with van der Waals surface area (Å²) in [7, 11) is -3.52. The van der Waals surface area contributed by atoms with Crippen LogP contribution in [-0.4, -0.2) is 37.8 Å². The Bertz CT molecular complexity index is 763. The van der Waals surface area contributed by atoms with E-state index in [0.717, 1.165) is 38.5 Å². The van der Waals surface area contributed by atoms with Gasteiger partial charge in [0.05, 0.1) is 4.90 Å². The molecule has 1 amide bonds. The molecule has 1 heterocycles. The molecular weight excluding hydrogens is 386 g/mol. The Labute approximate surface area is 168 Å². The van der Waals surface area contributed by atoms with Crippen molar-refractivity contribution in [3.05, 3.63) is 23.8 Å². The lowest BCUT2D eigenvalue weighted by molar-refractivity contribution is -0.120. The van der Waals surface area contributed by atoms with Gasteiger partial charge >= 0.3 is 0 Å². The average Bonchev–Trinajstić information content (AvgIpc) is 2.64. The van der Waals surface area contributed by atoms with E-state index in [4.69, 9.17) is 5.73 Å². The first kappa shape index (κ1) is 22.1. The summed E-state index contributed by atoms with van der Waals surface area (Å²) in [5.74, 6) is -0.160. The second-order valence-corrected chi connectivity index (χ2v) is 9.46. The van der Waals surface area contributed by atoms with Gasteiger partial charge in [0.1, 0.15) is 0 Å². The molecule has 1 aromatic carbocycles. The summed E-state index contributed by atoms with van der Waals surface area (Å²) < 4.78 is 27.5. The number of halogens is 1. The molecule has 1 aliphatic heterocycles. The van der Waals surface area contributed by atoms with Crippen molar-refractivity contribution in [3.8, 4) is 0 Å². The lowest BCUT2D eigenvalue weighted by Crippen LogP contribution is -2.36. The highest BCUT2D eigenvalue weighted by atomic mass is 35.5. The number of nitrogens with two attached hydrogens (primary N) is 1. The third-order valence-corrected chi connectivity index (χ3v) is 7.51. The van der Waals surface area contributed by atoms with Crippen LogP contribution in [0.3, 0.4) is 0 Å². The SMILES string of the molecule is Cc1ccc(NC(=O)C2CCCC(N)C2)cc1S(=O)(=O)N1CCCCC1.Cl. The molecule has 2 atom stereocenters. The maximum absolute atomic E-state index is 13.0. The van der Waals surface area contributed by atoms with E-state index < -0.39 is 10.0 Å². The quantitative estimate of drug-likeness (QED) is 0.790. The zero-order valence-corrected chi connectivity index (χ0v) is 17.4. The molecule has 27 heavy (non-hydrogen) atoms. The number of sulfonamides is 1. The Morgan fingerprint density at radius 1 is 1.15 bits per heavy atom. The summed E-state index contributed by atoms with van der Waals surface area (Å²) in [5.41, 5.74) is 7.21. The van der Waals surface area contributed by atoms with Gasteiger partial charge in [-0.15, -0.1) is 12.4 Å². The van der Waals surface area contributed by atoms with Gasteiger partial charge in [-0.25, -0.2) is 8.42 Å². The molecular formula is C19H30ClN3O3S. The highest BCUT2D eigenvalue weighted by molar-refractivity contribution is 7.89. The Morgan fingerprint density at radius 3 is 2.52 bits per heavy atom. The lowest BCUT2D eigenvalue weighted by Gasteiger charge is -2.27. The molecule has 0 bridgehead atoms. The van der Waals surface area contributed by atoms with Crippen LogP contribution in [0.1, 0.15) is 50.5 Å². The van der Waals surface area contributed by atoms with Crippen molar-refractivity contribution in [2.24, 2.45) is 11.7 Å². The minimum Gasteiger partial charge on any atom is -0.328 e. The molecule has 0 spiro atoms. The number of hydrogen-bond donors (Lipinski definition) is 2. The molecule has 3 N–H and O–H groups in total. The molecule has 1 saturated heterocycles. The van der Waals surface area contributed by atoms with Crippen LogP contribution in [0.25, 0.3) is 0 Å². The van der Waals surface area contributed by atoms with E-state index in [1.807, 2.05) is 0 Å². The summed E-state index contributed by atoms with van der Waals surface area (Å²) >= 11 is 0. The number of carbonyl (C=O) groups excluding carboxylic acids is 1. The molecule has 1 aromatic rings. The number of carbonyl (C=O) groups is 1. The van der Waals surface area contributed by atoms with Gasteiger partial charge < -0.3 is 11.1 Å². The summed E-state index contributed by atoms with van der Waals surface area (Å²) in [6.45, 7) is 2.93.